The molecule has 3 aromatic rings. The largest absolute Gasteiger partial charge is 0.481 e. The summed E-state index contributed by atoms with van der Waals surface area (Å²) < 4.78 is 42.8. The van der Waals surface area contributed by atoms with Gasteiger partial charge in [0, 0.05) is 59.9 Å². The molecule has 0 spiro atoms. The number of carbonyl (C=O) groups is 2. The Morgan fingerprint density at radius 2 is 1.92 bits per heavy atom. The number of ether oxygens (including phenoxy) is 1. The zero-order valence-corrected chi connectivity index (χ0v) is 28.3. The molecule has 5 heterocycles. The Morgan fingerprint density at radius 3 is 2.69 bits per heavy atom. The predicted octanol–water partition coefficient (Wildman–Crippen LogP) is 4.59. The number of aliphatic carboxylic acids is 1. The van der Waals surface area contributed by atoms with Crippen LogP contribution in [-0.2, 0) is 38.2 Å². The molecule has 3 unspecified atom stereocenters. The van der Waals surface area contributed by atoms with Crippen molar-refractivity contribution < 1.29 is 37.0 Å². The van der Waals surface area contributed by atoms with Gasteiger partial charge in [0.1, 0.15) is 0 Å². The molecule has 0 saturated carbocycles. The van der Waals surface area contributed by atoms with E-state index < -0.39 is 27.7 Å². The molecule has 0 fully saturated rings. The second kappa shape index (κ2) is 12.5. The number of benzene rings is 2. The van der Waals surface area contributed by atoms with Crippen LogP contribution in [-0.4, -0.2) is 65.6 Å². The topological polar surface area (TPSA) is 142 Å². The lowest BCUT2D eigenvalue weighted by molar-refractivity contribution is -0.679. The van der Waals surface area contributed by atoms with Gasteiger partial charge in [0.15, 0.2) is 11.0 Å². The van der Waals surface area contributed by atoms with Crippen LogP contribution in [0.15, 0.2) is 59.8 Å². The second-order valence-corrected chi connectivity index (χ2v) is 15.1. The lowest BCUT2D eigenvalue weighted by Crippen LogP contribution is -2.49. The Balaban J connectivity index is 1.29. The fraction of sp³-hybridized carbons (Fsp3) is 0.472. The Bertz CT molecular complexity index is 1980. The number of hydrogen-bond donors (Lipinski definition) is 3. The molecule has 0 radical (unpaired) electrons. The number of nitrogens with zero attached hydrogens (tertiary/aromatic N) is 3. The number of rotatable bonds is 11. The van der Waals surface area contributed by atoms with E-state index in [0.29, 0.717) is 18.5 Å². The van der Waals surface area contributed by atoms with E-state index in [9.17, 15) is 18.0 Å². The summed E-state index contributed by atoms with van der Waals surface area (Å²) in [5.74, 6) is -0.617. The number of fused-ring (bicyclic) bond motifs is 9. The lowest BCUT2D eigenvalue weighted by atomic mass is 9.73. The molecule has 1 amide bonds. The first-order chi connectivity index (χ1) is 23.0. The van der Waals surface area contributed by atoms with Gasteiger partial charge in [0.2, 0.25) is 0 Å². The van der Waals surface area contributed by atoms with Crippen LogP contribution in [0.2, 0.25) is 0 Å². The fourth-order valence-electron chi connectivity index (χ4n) is 8.42. The maximum atomic E-state index is 12.9. The highest BCUT2D eigenvalue weighted by molar-refractivity contribution is 7.85. The van der Waals surface area contributed by atoms with Gasteiger partial charge in [0.05, 0.1) is 36.6 Å². The molecule has 3 N–H and O–H groups in total. The van der Waals surface area contributed by atoms with E-state index in [1.54, 1.807) is 6.07 Å². The number of carboxylic acid groups (broad SMARTS) is 1. The van der Waals surface area contributed by atoms with Crippen molar-refractivity contribution in [2.45, 2.75) is 89.5 Å². The van der Waals surface area contributed by atoms with Crippen molar-refractivity contribution in [3.05, 3.63) is 76.8 Å². The first-order valence-corrected chi connectivity index (χ1v) is 18.6. The Kier molecular flexibility index (Phi) is 8.45. The van der Waals surface area contributed by atoms with Gasteiger partial charge in [-0.1, -0.05) is 31.0 Å². The summed E-state index contributed by atoms with van der Waals surface area (Å²) in [7, 11) is -4.17. The van der Waals surface area contributed by atoms with E-state index in [1.165, 1.54) is 22.5 Å². The second-order valence-electron chi connectivity index (χ2n) is 13.5. The van der Waals surface area contributed by atoms with E-state index in [0.717, 1.165) is 67.6 Å². The number of amides is 1. The highest BCUT2D eigenvalue weighted by Gasteiger charge is 2.50. The van der Waals surface area contributed by atoms with Crippen LogP contribution in [0.1, 0.15) is 80.5 Å². The van der Waals surface area contributed by atoms with E-state index >= 15 is 0 Å². The summed E-state index contributed by atoms with van der Waals surface area (Å²) in [6, 6.07) is 14.2. The van der Waals surface area contributed by atoms with Crippen LogP contribution in [0.5, 0.6) is 0 Å². The highest BCUT2D eigenvalue weighted by Crippen LogP contribution is 2.55. The van der Waals surface area contributed by atoms with Gasteiger partial charge < -0.3 is 20.1 Å². The average Bonchev–Trinajstić information content (AvgIpc) is 3.52. The number of carboxylic acids is 1. The Hall–Kier alpha value is -4.00. The number of imidazole rings is 1. The first kappa shape index (κ1) is 32.5. The molecule has 0 bridgehead atoms. The maximum Gasteiger partial charge on any atom is 0.303 e. The van der Waals surface area contributed by atoms with Gasteiger partial charge in [-0.05, 0) is 62.9 Å². The van der Waals surface area contributed by atoms with E-state index in [1.807, 2.05) is 12.1 Å². The standard InChI is InChI=1S/C36H42N4O7S/c1-3-38-29-21-23(34(43)37-17-20-48(44,45)46)12-13-28(29)40-19-15-31-25(35(38)40)22-24-30(47-31)14-18-39-27-10-7-6-9-26(27)36(2,33(24)39)16-8-4-5-11-32(41)42/h6-7,9-10,12-13,21-22,30-31H,3-5,8,11,14-20H2,1-2H3,(H2-,37,41,42,43,44,45,46)/p+1. The van der Waals surface area contributed by atoms with Crippen molar-refractivity contribution >= 4 is 44.3 Å². The van der Waals surface area contributed by atoms with Gasteiger partial charge in [0.25, 0.3) is 21.8 Å². The molecule has 12 heteroatoms. The SMILES string of the molecule is CCn1c2[n+](c3ccc(C(=O)NCCS(=O)(=O)O)cc31)CCC1OC3CCN4C(=C3C=C21)C(C)(CCCCCC(=O)O)c1ccccc14. The molecule has 0 aliphatic carbocycles. The van der Waals surface area contributed by atoms with Gasteiger partial charge in [-0.25, -0.2) is 9.13 Å². The summed E-state index contributed by atoms with van der Waals surface area (Å²) in [5, 5.41) is 11.7. The number of carbonyl (C=O) groups excluding carboxylic acids is 1. The number of unbranched alkanes of at least 4 members (excludes halogenated alkanes) is 2. The molecule has 4 aliphatic rings. The minimum atomic E-state index is -4.17. The third kappa shape index (κ3) is 5.63. The summed E-state index contributed by atoms with van der Waals surface area (Å²) in [6.07, 6.45) is 7.66. The molecule has 11 nitrogen and oxygen atoms in total. The minimum absolute atomic E-state index is 0.00492. The third-order valence-electron chi connectivity index (χ3n) is 10.5. The van der Waals surface area contributed by atoms with Crippen molar-refractivity contribution in [2.24, 2.45) is 0 Å². The van der Waals surface area contributed by atoms with Gasteiger partial charge in [-0.3, -0.25) is 14.1 Å². The zero-order valence-electron chi connectivity index (χ0n) is 27.4. The third-order valence-corrected chi connectivity index (χ3v) is 11.3. The number of allylic oxidation sites excluding steroid dienone is 1. The molecule has 48 heavy (non-hydrogen) atoms. The molecule has 254 valence electrons. The van der Waals surface area contributed by atoms with Gasteiger partial charge >= 0.3 is 5.97 Å². The molecule has 3 atom stereocenters. The number of hydrogen-bond acceptors (Lipinski definition) is 6. The van der Waals surface area contributed by atoms with Crippen LogP contribution in [0.25, 0.3) is 16.6 Å². The highest BCUT2D eigenvalue weighted by atomic mass is 32.2. The lowest BCUT2D eigenvalue weighted by Gasteiger charge is -2.42. The van der Waals surface area contributed by atoms with Crippen molar-refractivity contribution in [3.63, 3.8) is 0 Å². The number of nitrogens with one attached hydrogen (secondary N) is 1. The van der Waals surface area contributed by atoms with Gasteiger partial charge in [-0.15, -0.1) is 0 Å². The molecule has 2 aromatic carbocycles. The van der Waals surface area contributed by atoms with Crippen LogP contribution in [0, 0.1) is 0 Å². The average molecular weight is 676 g/mol. The van der Waals surface area contributed by atoms with Crippen LogP contribution < -0.4 is 14.8 Å². The predicted molar refractivity (Wildman–Crippen MR) is 181 cm³/mol. The minimum Gasteiger partial charge on any atom is -0.481 e. The van der Waals surface area contributed by atoms with Gasteiger partial charge in [-0.2, -0.15) is 8.42 Å². The fourth-order valence-corrected chi connectivity index (χ4v) is 8.78. The summed E-state index contributed by atoms with van der Waals surface area (Å²) >= 11 is 0. The van der Waals surface area contributed by atoms with Crippen molar-refractivity contribution in [3.8, 4) is 0 Å². The Morgan fingerprint density at radius 1 is 1.10 bits per heavy atom. The summed E-state index contributed by atoms with van der Waals surface area (Å²) in [4.78, 5) is 26.5. The van der Waals surface area contributed by atoms with E-state index in [4.69, 9.17) is 14.4 Å². The molecular weight excluding hydrogens is 632 g/mol. The summed E-state index contributed by atoms with van der Waals surface area (Å²) in [5.41, 5.74) is 8.34. The van der Waals surface area contributed by atoms with E-state index in [-0.39, 0.29) is 30.6 Å². The molecule has 1 aromatic heterocycles. The molecule has 7 rings (SSSR count). The van der Waals surface area contributed by atoms with Crippen LogP contribution in [0.3, 0.4) is 0 Å². The van der Waals surface area contributed by atoms with Crippen molar-refractivity contribution in [1.82, 2.24) is 9.88 Å². The molecular formula is C36H43N4O7S+. The maximum absolute atomic E-state index is 12.9. The zero-order chi connectivity index (χ0) is 33.8. The van der Waals surface area contributed by atoms with Crippen LogP contribution in [0.4, 0.5) is 5.69 Å². The van der Waals surface area contributed by atoms with Crippen molar-refractivity contribution in [2.75, 3.05) is 23.7 Å². The molecule has 0 saturated heterocycles. The number of para-hydroxylation sites is 1. The van der Waals surface area contributed by atoms with E-state index in [2.05, 4.69) is 63.5 Å². The first-order valence-electron chi connectivity index (χ1n) is 17.0. The number of anilines is 1. The quantitative estimate of drug-likeness (QED) is 0.152. The number of aromatic nitrogens is 2. The molecule has 4 aliphatic heterocycles. The Labute approximate surface area is 280 Å². The normalized spacial score (nSPS) is 22.8. The summed E-state index contributed by atoms with van der Waals surface area (Å²) in [6.45, 7) is 6.60. The number of aryl methyl sites for hydroxylation is 2. The monoisotopic (exact) mass is 675 g/mol. The van der Waals surface area contributed by atoms with Crippen molar-refractivity contribution in [1.29, 1.82) is 0 Å². The van der Waals surface area contributed by atoms with Crippen LogP contribution >= 0.6 is 0 Å². The smallest absolute Gasteiger partial charge is 0.303 e.